The van der Waals surface area contributed by atoms with Crippen molar-refractivity contribution >= 4 is 6.09 Å². The van der Waals surface area contributed by atoms with Gasteiger partial charge < -0.3 is 14.2 Å². The van der Waals surface area contributed by atoms with Crippen LogP contribution in [0, 0.1) is 0 Å². The van der Waals surface area contributed by atoms with Gasteiger partial charge in [0.05, 0.1) is 5.92 Å². The van der Waals surface area contributed by atoms with Gasteiger partial charge in [-0.2, -0.15) is 4.98 Å². The van der Waals surface area contributed by atoms with Crippen LogP contribution in [-0.2, 0) is 4.74 Å². The van der Waals surface area contributed by atoms with Gasteiger partial charge in [-0.25, -0.2) is 4.79 Å². The van der Waals surface area contributed by atoms with Crippen LogP contribution in [-0.4, -0.2) is 44.8 Å². The molecule has 1 aliphatic heterocycles. The lowest BCUT2D eigenvalue weighted by atomic mass is 9.98. The lowest BCUT2D eigenvalue weighted by molar-refractivity contribution is 0.0189. The molecular formula is C17H22N4O3. The van der Waals surface area contributed by atoms with Crippen molar-refractivity contribution in [3.8, 4) is 11.4 Å². The van der Waals surface area contributed by atoms with Crippen LogP contribution in [0.4, 0.5) is 4.79 Å². The summed E-state index contributed by atoms with van der Waals surface area (Å²) in [6.45, 7) is 6.82. The second-order valence-corrected chi connectivity index (χ2v) is 6.96. The highest BCUT2D eigenvalue weighted by Gasteiger charge is 2.31. The van der Waals surface area contributed by atoms with Crippen molar-refractivity contribution in [2.24, 2.45) is 0 Å². The molecule has 0 N–H and O–H groups in total. The van der Waals surface area contributed by atoms with Crippen LogP contribution in [0.15, 0.2) is 29.0 Å². The number of aromatic nitrogens is 3. The fourth-order valence-electron chi connectivity index (χ4n) is 2.68. The molecule has 24 heavy (non-hydrogen) atoms. The Labute approximate surface area is 141 Å². The summed E-state index contributed by atoms with van der Waals surface area (Å²) in [6, 6.07) is 3.71. The highest BCUT2D eigenvalue weighted by atomic mass is 16.6. The summed E-state index contributed by atoms with van der Waals surface area (Å²) in [4.78, 5) is 22.5. The Balaban J connectivity index is 1.69. The molecule has 2 aromatic rings. The quantitative estimate of drug-likeness (QED) is 0.841. The summed E-state index contributed by atoms with van der Waals surface area (Å²) in [5, 5.41) is 4.03. The summed E-state index contributed by atoms with van der Waals surface area (Å²) in [6.07, 6.45) is 4.90. The number of rotatable bonds is 2. The molecule has 0 aromatic carbocycles. The van der Waals surface area contributed by atoms with E-state index in [2.05, 4.69) is 15.1 Å². The topological polar surface area (TPSA) is 81.4 Å². The predicted octanol–water partition coefficient (Wildman–Crippen LogP) is 3.25. The minimum absolute atomic E-state index is 0.0317. The predicted molar refractivity (Wildman–Crippen MR) is 87.3 cm³/mol. The number of amides is 1. The van der Waals surface area contributed by atoms with E-state index in [1.54, 1.807) is 17.3 Å². The molecule has 1 aliphatic rings. The van der Waals surface area contributed by atoms with Crippen LogP contribution in [0.1, 0.15) is 45.4 Å². The standard InChI is InChI=1S/C17H22N4O3/c1-17(2,3)23-16(22)21-9-5-7-13(11-21)15-19-14(20-24-15)12-6-4-8-18-10-12/h4,6,8,10,13H,5,7,9,11H2,1-3H3. The van der Waals surface area contributed by atoms with Gasteiger partial charge in [0, 0.05) is 31.0 Å². The van der Waals surface area contributed by atoms with Crippen molar-refractivity contribution in [2.45, 2.75) is 45.1 Å². The van der Waals surface area contributed by atoms with E-state index in [0.717, 1.165) is 18.4 Å². The molecule has 1 saturated heterocycles. The van der Waals surface area contributed by atoms with Gasteiger partial charge in [0.25, 0.3) is 0 Å². The van der Waals surface area contributed by atoms with Gasteiger partial charge in [0.1, 0.15) is 5.60 Å². The van der Waals surface area contributed by atoms with Gasteiger partial charge in [-0.15, -0.1) is 0 Å². The monoisotopic (exact) mass is 330 g/mol. The molecule has 2 aromatic heterocycles. The Morgan fingerprint density at radius 1 is 1.42 bits per heavy atom. The first-order valence-electron chi connectivity index (χ1n) is 8.14. The number of ether oxygens (including phenoxy) is 1. The first kappa shape index (κ1) is 16.4. The normalized spacial score (nSPS) is 18.5. The molecule has 3 heterocycles. The number of pyridine rings is 1. The molecule has 0 spiro atoms. The van der Waals surface area contributed by atoms with Crippen LogP contribution in [0.25, 0.3) is 11.4 Å². The van der Waals surface area contributed by atoms with Crippen LogP contribution in [0.2, 0.25) is 0 Å². The van der Waals surface area contributed by atoms with Gasteiger partial charge in [-0.3, -0.25) is 4.98 Å². The Bertz CT molecular complexity index is 693. The summed E-state index contributed by atoms with van der Waals surface area (Å²) in [5.41, 5.74) is 0.314. The Morgan fingerprint density at radius 2 is 2.25 bits per heavy atom. The van der Waals surface area contributed by atoms with Gasteiger partial charge in [0.15, 0.2) is 0 Å². The van der Waals surface area contributed by atoms with E-state index in [1.807, 2.05) is 32.9 Å². The average Bonchev–Trinajstić information content (AvgIpc) is 3.04. The van der Waals surface area contributed by atoms with Crippen LogP contribution >= 0.6 is 0 Å². The fourth-order valence-corrected chi connectivity index (χ4v) is 2.68. The van der Waals surface area contributed by atoms with E-state index in [9.17, 15) is 4.79 Å². The summed E-state index contributed by atoms with van der Waals surface area (Å²) in [5.74, 6) is 1.11. The molecule has 1 atom stereocenters. The third-order valence-corrected chi connectivity index (χ3v) is 3.78. The maximum Gasteiger partial charge on any atom is 0.410 e. The number of likely N-dealkylation sites (tertiary alicyclic amines) is 1. The first-order chi connectivity index (χ1) is 11.4. The number of hydrogen-bond donors (Lipinski definition) is 0. The lowest BCUT2D eigenvalue weighted by Crippen LogP contribution is -2.42. The van der Waals surface area contributed by atoms with Crippen molar-refractivity contribution in [1.82, 2.24) is 20.0 Å². The third-order valence-electron chi connectivity index (χ3n) is 3.78. The summed E-state index contributed by atoms with van der Waals surface area (Å²) in [7, 11) is 0. The molecule has 128 valence electrons. The zero-order valence-electron chi connectivity index (χ0n) is 14.2. The third kappa shape index (κ3) is 3.90. The van der Waals surface area contributed by atoms with Gasteiger partial charge in [0.2, 0.25) is 11.7 Å². The Morgan fingerprint density at radius 3 is 2.96 bits per heavy atom. The molecule has 1 unspecified atom stereocenters. The number of hydrogen-bond acceptors (Lipinski definition) is 6. The van der Waals surface area contributed by atoms with E-state index in [1.165, 1.54) is 0 Å². The minimum Gasteiger partial charge on any atom is -0.444 e. The summed E-state index contributed by atoms with van der Waals surface area (Å²) < 4.78 is 10.9. The molecule has 7 nitrogen and oxygen atoms in total. The van der Waals surface area contributed by atoms with Crippen LogP contribution in [0.5, 0.6) is 0 Å². The van der Waals surface area contributed by atoms with Crippen LogP contribution in [0.3, 0.4) is 0 Å². The van der Waals surface area contributed by atoms with Crippen molar-refractivity contribution in [3.05, 3.63) is 30.4 Å². The Kier molecular flexibility index (Phi) is 4.51. The highest BCUT2D eigenvalue weighted by molar-refractivity contribution is 5.68. The molecule has 0 saturated carbocycles. The zero-order valence-corrected chi connectivity index (χ0v) is 14.2. The molecule has 0 bridgehead atoms. The second-order valence-electron chi connectivity index (χ2n) is 6.96. The largest absolute Gasteiger partial charge is 0.444 e. The van der Waals surface area contributed by atoms with Gasteiger partial charge in [-0.05, 0) is 45.7 Å². The number of carbonyl (C=O) groups excluding carboxylic acids is 1. The van der Waals surface area contributed by atoms with Crippen LogP contribution < -0.4 is 0 Å². The molecule has 0 radical (unpaired) electrons. The minimum atomic E-state index is -0.498. The van der Waals surface area contributed by atoms with E-state index in [-0.39, 0.29) is 12.0 Å². The van der Waals surface area contributed by atoms with E-state index in [4.69, 9.17) is 9.26 Å². The average molecular weight is 330 g/mol. The second kappa shape index (κ2) is 6.59. The smallest absolute Gasteiger partial charge is 0.410 e. The molecule has 0 aliphatic carbocycles. The fraction of sp³-hybridized carbons (Fsp3) is 0.529. The molecule has 3 rings (SSSR count). The van der Waals surface area contributed by atoms with Gasteiger partial charge in [-0.1, -0.05) is 5.16 Å². The number of piperidine rings is 1. The van der Waals surface area contributed by atoms with Crippen molar-refractivity contribution in [1.29, 1.82) is 0 Å². The molecule has 7 heteroatoms. The highest BCUT2D eigenvalue weighted by Crippen LogP contribution is 2.28. The molecular weight excluding hydrogens is 308 g/mol. The van der Waals surface area contributed by atoms with E-state index >= 15 is 0 Å². The molecule has 1 fully saturated rings. The SMILES string of the molecule is CC(C)(C)OC(=O)N1CCCC(c2nc(-c3cccnc3)no2)C1. The maximum atomic E-state index is 12.2. The molecule has 1 amide bonds. The zero-order chi connectivity index (χ0) is 17.2. The summed E-state index contributed by atoms with van der Waals surface area (Å²) >= 11 is 0. The van der Waals surface area contributed by atoms with Crippen molar-refractivity contribution < 1.29 is 14.1 Å². The Hall–Kier alpha value is -2.44. The van der Waals surface area contributed by atoms with E-state index in [0.29, 0.717) is 24.8 Å². The van der Waals surface area contributed by atoms with E-state index < -0.39 is 5.60 Å². The van der Waals surface area contributed by atoms with Crippen molar-refractivity contribution in [2.75, 3.05) is 13.1 Å². The first-order valence-corrected chi connectivity index (χ1v) is 8.14. The number of carbonyl (C=O) groups is 1. The lowest BCUT2D eigenvalue weighted by Gasteiger charge is -2.32. The van der Waals surface area contributed by atoms with Gasteiger partial charge >= 0.3 is 6.09 Å². The maximum absolute atomic E-state index is 12.2. The number of nitrogens with zero attached hydrogens (tertiary/aromatic N) is 4. The van der Waals surface area contributed by atoms with Crippen molar-refractivity contribution in [3.63, 3.8) is 0 Å².